The van der Waals surface area contributed by atoms with Gasteiger partial charge in [0.25, 0.3) is 5.56 Å². The molecule has 1 aromatic carbocycles. The van der Waals surface area contributed by atoms with Crippen molar-refractivity contribution in [1.29, 1.82) is 0 Å². The van der Waals surface area contributed by atoms with E-state index in [4.69, 9.17) is 19.2 Å². The van der Waals surface area contributed by atoms with Gasteiger partial charge in [-0.1, -0.05) is 13.8 Å². The van der Waals surface area contributed by atoms with Crippen LogP contribution in [-0.2, 0) is 11.3 Å². The summed E-state index contributed by atoms with van der Waals surface area (Å²) in [5, 5.41) is 0. The van der Waals surface area contributed by atoms with Crippen LogP contribution in [0.25, 0.3) is 11.4 Å². The normalized spacial score (nSPS) is 15.5. The Hall–Kier alpha value is -3.46. The Labute approximate surface area is 199 Å². The summed E-state index contributed by atoms with van der Waals surface area (Å²) in [4.78, 5) is 28.4. The summed E-state index contributed by atoms with van der Waals surface area (Å²) in [5.41, 5.74) is 1.77. The Balaban J connectivity index is 1.78. The van der Waals surface area contributed by atoms with Gasteiger partial charge in [0.1, 0.15) is 23.9 Å². The molecule has 0 fully saturated rings. The molecule has 0 amide bonds. The molecule has 0 saturated heterocycles. The van der Waals surface area contributed by atoms with Crippen LogP contribution in [0.3, 0.4) is 0 Å². The van der Waals surface area contributed by atoms with Crippen molar-refractivity contribution in [3.05, 3.63) is 58.8 Å². The molecular formula is C25H31N5O4. The molecule has 0 radical (unpaired) electrons. The number of nitrogens with zero attached hydrogens (tertiary/aromatic N) is 5. The van der Waals surface area contributed by atoms with Gasteiger partial charge in [-0.2, -0.15) is 0 Å². The quantitative estimate of drug-likeness (QED) is 0.500. The zero-order chi connectivity index (χ0) is 24.3. The highest BCUT2D eigenvalue weighted by Gasteiger charge is 2.34. The predicted octanol–water partition coefficient (Wildman–Crippen LogP) is 3.34. The minimum absolute atomic E-state index is 0.108. The van der Waals surface area contributed by atoms with E-state index in [9.17, 15) is 4.79 Å². The van der Waals surface area contributed by atoms with Crippen LogP contribution in [0, 0.1) is 5.41 Å². The van der Waals surface area contributed by atoms with E-state index in [-0.39, 0.29) is 17.1 Å². The van der Waals surface area contributed by atoms with E-state index in [0.29, 0.717) is 43.6 Å². The maximum absolute atomic E-state index is 13.1. The van der Waals surface area contributed by atoms with Gasteiger partial charge < -0.3 is 19.1 Å². The predicted molar refractivity (Wildman–Crippen MR) is 129 cm³/mol. The average molecular weight is 466 g/mol. The van der Waals surface area contributed by atoms with Crippen molar-refractivity contribution in [2.75, 3.05) is 38.8 Å². The third kappa shape index (κ3) is 4.89. The monoisotopic (exact) mass is 465 g/mol. The Morgan fingerprint density at radius 2 is 1.91 bits per heavy atom. The topological polar surface area (TPSA) is 91.6 Å². The SMILES string of the molecule is CCOC(CN1CC(C)(C)Cn2c1nc(-c1ccncn1)cc2=O)c1cc(OC)ccc1OC. The number of anilines is 1. The lowest BCUT2D eigenvalue weighted by Gasteiger charge is -2.41. The number of aromatic nitrogens is 4. The molecule has 0 spiro atoms. The molecule has 1 aliphatic heterocycles. The van der Waals surface area contributed by atoms with Crippen molar-refractivity contribution in [1.82, 2.24) is 19.5 Å². The fraction of sp³-hybridized carbons (Fsp3) is 0.440. The Bertz CT molecular complexity index is 1200. The van der Waals surface area contributed by atoms with Crippen LogP contribution in [-0.4, -0.2) is 53.4 Å². The second-order valence-corrected chi connectivity index (χ2v) is 9.06. The number of hydrogen-bond donors (Lipinski definition) is 0. The van der Waals surface area contributed by atoms with E-state index < -0.39 is 0 Å². The fourth-order valence-corrected chi connectivity index (χ4v) is 4.40. The maximum atomic E-state index is 13.1. The van der Waals surface area contributed by atoms with E-state index in [1.54, 1.807) is 31.0 Å². The number of rotatable bonds is 8. The molecule has 1 atom stereocenters. The van der Waals surface area contributed by atoms with Crippen molar-refractivity contribution >= 4 is 5.95 Å². The number of fused-ring (bicyclic) bond motifs is 1. The minimum atomic E-state index is -0.322. The molecule has 1 aliphatic rings. The number of benzene rings is 1. The van der Waals surface area contributed by atoms with Gasteiger partial charge in [0.2, 0.25) is 5.95 Å². The zero-order valence-electron chi connectivity index (χ0n) is 20.3. The summed E-state index contributed by atoms with van der Waals surface area (Å²) < 4.78 is 19.0. The van der Waals surface area contributed by atoms with Gasteiger partial charge in [-0.3, -0.25) is 9.36 Å². The highest BCUT2D eigenvalue weighted by Crippen LogP contribution is 2.36. The first kappa shape index (κ1) is 23.7. The lowest BCUT2D eigenvalue weighted by Crippen LogP contribution is -2.49. The Kier molecular flexibility index (Phi) is 6.83. The lowest BCUT2D eigenvalue weighted by atomic mass is 9.90. The van der Waals surface area contributed by atoms with Gasteiger partial charge >= 0.3 is 0 Å². The highest BCUT2D eigenvalue weighted by molar-refractivity contribution is 5.55. The molecule has 9 heteroatoms. The summed E-state index contributed by atoms with van der Waals surface area (Å²) in [6.07, 6.45) is 2.77. The van der Waals surface area contributed by atoms with Gasteiger partial charge in [-0.05, 0) is 31.2 Å². The standard InChI is InChI=1S/C25H31N5O4/c1-6-34-22(18-11-17(32-4)7-8-21(18)33-5)13-29-14-25(2,3)15-30-23(31)12-20(28-24(29)30)19-9-10-26-16-27-19/h7-12,16,22H,6,13-15H2,1-5H3. The second kappa shape index (κ2) is 9.80. The van der Waals surface area contributed by atoms with E-state index in [1.807, 2.05) is 25.1 Å². The van der Waals surface area contributed by atoms with E-state index in [1.165, 1.54) is 12.4 Å². The molecule has 180 valence electrons. The molecule has 3 aromatic rings. The zero-order valence-corrected chi connectivity index (χ0v) is 20.3. The van der Waals surface area contributed by atoms with Crippen molar-refractivity contribution < 1.29 is 14.2 Å². The smallest absolute Gasteiger partial charge is 0.255 e. The summed E-state index contributed by atoms with van der Waals surface area (Å²) in [5.74, 6) is 2.04. The molecule has 3 heterocycles. The molecule has 4 rings (SSSR count). The van der Waals surface area contributed by atoms with Gasteiger partial charge in [-0.25, -0.2) is 15.0 Å². The third-order valence-corrected chi connectivity index (χ3v) is 5.86. The Morgan fingerprint density at radius 1 is 1.09 bits per heavy atom. The molecule has 0 bridgehead atoms. The summed E-state index contributed by atoms with van der Waals surface area (Å²) in [6, 6.07) is 8.96. The van der Waals surface area contributed by atoms with Crippen LogP contribution >= 0.6 is 0 Å². The maximum Gasteiger partial charge on any atom is 0.255 e. The number of ether oxygens (including phenoxy) is 3. The minimum Gasteiger partial charge on any atom is -0.497 e. The van der Waals surface area contributed by atoms with Crippen molar-refractivity contribution in [3.8, 4) is 22.9 Å². The molecule has 34 heavy (non-hydrogen) atoms. The van der Waals surface area contributed by atoms with Crippen molar-refractivity contribution in [2.24, 2.45) is 5.41 Å². The van der Waals surface area contributed by atoms with Crippen LogP contribution in [0.2, 0.25) is 0 Å². The third-order valence-electron chi connectivity index (χ3n) is 5.86. The van der Waals surface area contributed by atoms with E-state index >= 15 is 0 Å². The lowest BCUT2D eigenvalue weighted by molar-refractivity contribution is 0.0623. The van der Waals surface area contributed by atoms with Gasteiger partial charge in [0, 0.05) is 42.9 Å². The summed E-state index contributed by atoms with van der Waals surface area (Å²) >= 11 is 0. The Morgan fingerprint density at radius 3 is 2.59 bits per heavy atom. The number of hydrogen-bond acceptors (Lipinski definition) is 8. The van der Waals surface area contributed by atoms with E-state index in [0.717, 1.165) is 17.1 Å². The van der Waals surface area contributed by atoms with Gasteiger partial charge in [-0.15, -0.1) is 0 Å². The van der Waals surface area contributed by atoms with Gasteiger partial charge in [0.05, 0.1) is 32.2 Å². The first-order valence-corrected chi connectivity index (χ1v) is 11.3. The average Bonchev–Trinajstić information content (AvgIpc) is 2.84. The molecule has 1 unspecified atom stereocenters. The van der Waals surface area contributed by atoms with E-state index in [2.05, 4.69) is 28.7 Å². The number of methoxy groups -OCH3 is 2. The fourth-order valence-electron chi connectivity index (χ4n) is 4.40. The van der Waals surface area contributed by atoms with Crippen LogP contribution in [0.15, 0.2) is 47.7 Å². The molecule has 0 aliphatic carbocycles. The van der Waals surface area contributed by atoms with Crippen LogP contribution in [0.5, 0.6) is 11.5 Å². The molecular weight excluding hydrogens is 434 g/mol. The first-order chi connectivity index (χ1) is 16.3. The van der Waals surface area contributed by atoms with Crippen LogP contribution < -0.4 is 19.9 Å². The van der Waals surface area contributed by atoms with Crippen LogP contribution in [0.1, 0.15) is 32.4 Å². The largest absolute Gasteiger partial charge is 0.497 e. The molecule has 0 N–H and O–H groups in total. The summed E-state index contributed by atoms with van der Waals surface area (Å²) in [6.45, 7) is 8.55. The first-order valence-electron chi connectivity index (χ1n) is 11.3. The molecule has 9 nitrogen and oxygen atoms in total. The highest BCUT2D eigenvalue weighted by atomic mass is 16.5. The molecule has 2 aromatic heterocycles. The van der Waals surface area contributed by atoms with Crippen molar-refractivity contribution in [2.45, 2.75) is 33.4 Å². The van der Waals surface area contributed by atoms with Crippen LogP contribution in [0.4, 0.5) is 5.95 Å². The summed E-state index contributed by atoms with van der Waals surface area (Å²) in [7, 11) is 3.28. The van der Waals surface area contributed by atoms with Gasteiger partial charge in [0.15, 0.2) is 0 Å². The molecule has 0 saturated carbocycles. The second-order valence-electron chi connectivity index (χ2n) is 9.06. The van der Waals surface area contributed by atoms with Crippen molar-refractivity contribution in [3.63, 3.8) is 0 Å².